The van der Waals surface area contributed by atoms with Crippen LogP contribution >= 0.6 is 0 Å². The average Bonchev–Trinajstić information content (AvgIpc) is 2.23. The SMILES string of the molecule is CC(C)(C)OC(=O)NCCOCC(=O)OCC=O. The Labute approximate surface area is 106 Å². The van der Waals surface area contributed by atoms with Gasteiger partial charge < -0.3 is 19.5 Å². The van der Waals surface area contributed by atoms with Crippen LogP contribution in [-0.4, -0.2) is 50.3 Å². The number of alkyl carbamates (subject to hydrolysis) is 1. The number of carbonyl (C=O) groups is 3. The maximum Gasteiger partial charge on any atom is 0.407 e. The first-order chi connectivity index (χ1) is 8.35. The lowest BCUT2D eigenvalue weighted by Gasteiger charge is -2.19. The zero-order valence-corrected chi connectivity index (χ0v) is 10.9. The van der Waals surface area contributed by atoms with E-state index in [-0.39, 0.29) is 26.4 Å². The van der Waals surface area contributed by atoms with Crippen molar-refractivity contribution in [2.24, 2.45) is 0 Å². The standard InChI is InChI=1S/C11H19NO6/c1-11(2,3)18-10(15)12-4-6-16-8-9(14)17-7-5-13/h5H,4,6-8H2,1-3H3,(H,12,15). The smallest absolute Gasteiger partial charge is 0.407 e. The summed E-state index contributed by atoms with van der Waals surface area (Å²) in [7, 11) is 0. The van der Waals surface area contributed by atoms with Gasteiger partial charge in [-0.2, -0.15) is 0 Å². The van der Waals surface area contributed by atoms with Gasteiger partial charge in [-0.15, -0.1) is 0 Å². The summed E-state index contributed by atoms with van der Waals surface area (Å²) in [4.78, 5) is 31.9. The van der Waals surface area contributed by atoms with Crippen LogP contribution in [0.4, 0.5) is 4.79 Å². The number of rotatable bonds is 7. The number of nitrogens with one attached hydrogen (secondary N) is 1. The predicted molar refractivity (Wildman–Crippen MR) is 62.1 cm³/mol. The fourth-order valence-corrected chi connectivity index (χ4v) is 0.864. The van der Waals surface area contributed by atoms with E-state index in [1.54, 1.807) is 20.8 Å². The Hall–Kier alpha value is -1.63. The van der Waals surface area contributed by atoms with Crippen LogP contribution < -0.4 is 5.32 Å². The first-order valence-electron chi connectivity index (χ1n) is 5.49. The summed E-state index contributed by atoms with van der Waals surface area (Å²) in [5.41, 5.74) is -0.552. The van der Waals surface area contributed by atoms with E-state index in [2.05, 4.69) is 10.1 Å². The Balaban J connectivity index is 3.48. The van der Waals surface area contributed by atoms with Gasteiger partial charge in [-0.25, -0.2) is 9.59 Å². The van der Waals surface area contributed by atoms with Crippen LogP contribution in [0.2, 0.25) is 0 Å². The second kappa shape index (κ2) is 8.46. The molecule has 0 aromatic heterocycles. The molecule has 0 aliphatic rings. The summed E-state index contributed by atoms with van der Waals surface area (Å²) < 4.78 is 14.3. The third kappa shape index (κ3) is 10.9. The normalized spacial score (nSPS) is 10.6. The quantitative estimate of drug-likeness (QED) is 0.402. The summed E-state index contributed by atoms with van der Waals surface area (Å²) in [5, 5.41) is 2.46. The number of carbonyl (C=O) groups excluding carboxylic acids is 3. The van der Waals surface area contributed by atoms with Gasteiger partial charge >= 0.3 is 12.1 Å². The fraction of sp³-hybridized carbons (Fsp3) is 0.727. The van der Waals surface area contributed by atoms with Gasteiger partial charge in [0.1, 0.15) is 18.8 Å². The topological polar surface area (TPSA) is 90.9 Å². The summed E-state index contributed by atoms with van der Waals surface area (Å²) in [6, 6.07) is 0. The molecule has 0 atom stereocenters. The summed E-state index contributed by atoms with van der Waals surface area (Å²) >= 11 is 0. The largest absolute Gasteiger partial charge is 0.456 e. The van der Waals surface area contributed by atoms with Crippen LogP contribution in [0.3, 0.4) is 0 Å². The minimum atomic E-state index is -0.626. The van der Waals surface area contributed by atoms with Crippen LogP contribution in [0.25, 0.3) is 0 Å². The number of hydrogen-bond donors (Lipinski definition) is 1. The number of ether oxygens (including phenoxy) is 3. The zero-order valence-electron chi connectivity index (χ0n) is 10.9. The van der Waals surface area contributed by atoms with Crippen molar-refractivity contribution in [3.05, 3.63) is 0 Å². The number of hydrogen-bond acceptors (Lipinski definition) is 6. The van der Waals surface area contributed by atoms with Crippen molar-refractivity contribution >= 4 is 18.3 Å². The van der Waals surface area contributed by atoms with Gasteiger partial charge in [-0.3, -0.25) is 4.79 Å². The molecule has 0 spiro atoms. The van der Waals surface area contributed by atoms with Crippen LogP contribution in [0.1, 0.15) is 20.8 Å². The van der Waals surface area contributed by atoms with Gasteiger partial charge in [0.25, 0.3) is 0 Å². The Morgan fingerprint density at radius 3 is 2.50 bits per heavy atom. The molecule has 0 aliphatic carbocycles. The second-order valence-electron chi connectivity index (χ2n) is 4.33. The second-order valence-corrected chi connectivity index (χ2v) is 4.33. The first kappa shape index (κ1) is 16.4. The molecule has 18 heavy (non-hydrogen) atoms. The van der Waals surface area contributed by atoms with Gasteiger partial charge in [0, 0.05) is 6.54 Å². The molecule has 0 aliphatic heterocycles. The lowest BCUT2D eigenvalue weighted by molar-refractivity contribution is -0.150. The molecule has 7 heteroatoms. The van der Waals surface area contributed by atoms with E-state index in [9.17, 15) is 14.4 Å². The van der Waals surface area contributed by atoms with Gasteiger partial charge in [-0.1, -0.05) is 0 Å². The number of amides is 1. The Kier molecular flexibility index (Phi) is 7.69. The number of aldehydes is 1. The van der Waals surface area contributed by atoms with Crippen molar-refractivity contribution < 1.29 is 28.6 Å². The first-order valence-corrected chi connectivity index (χ1v) is 5.49. The Morgan fingerprint density at radius 1 is 1.28 bits per heavy atom. The highest BCUT2D eigenvalue weighted by Crippen LogP contribution is 2.05. The van der Waals surface area contributed by atoms with E-state index in [1.807, 2.05) is 0 Å². The van der Waals surface area contributed by atoms with Gasteiger partial charge in [-0.05, 0) is 20.8 Å². The van der Waals surface area contributed by atoms with Crippen molar-refractivity contribution in [1.29, 1.82) is 0 Å². The van der Waals surface area contributed by atoms with Crippen LogP contribution in [0.5, 0.6) is 0 Å². The van der Waals surface area contributed by atoms with Gasteiger partial charge in [0.05, 0.1) is 6.61 Å². The molecule has 0 unspecified atom stereocenters. The van der Waals surface area contributed by atoms with Crippen molar-refractivity contribution in [2.75, 3.05) is 26.4 Å². The highest BCUT2D eigenvalue weighted by Gasteiger charge is 2.15. The van der Waals surface area contributed by atoms with E-state index in [0.29, 0.717) is 6.29 Å². The molecule has 0 bridgehead atoms. The molecular weight excluding hydrogens is 242 g/mol. The highest BCUT2D eigenvalue weighted by atomic mass is 16.6. The molecule has 104 valence electrons. The average molecular weight is 261 g/mol. The molecule has 1 N–H and O–H groups in total. The van der Waals surface area contributed by atoms with Crippen LogP contribution in [0, 0.1) is 0 Å². The third-order valence-corrected chi connectivity index (χ3v) is 1.45. The highest BCUT2D eigenvalue weighted by molar-refractivity contribution is 5.72. The van der Waals surface area contributed by atoms with Crippen LogP contribution in [-0.2, 0) is 23.8 Å². The summed E-state index contributed by atoms with van der Waals surface area (Å²) in [6.45, 7) is 5.10. The molecule has 1 amide bonds. The van der Waals surface area contributed by atoms with E-state index in [0.717, 1.165) is 0 Å². The molecular formula is C11H19NO6. The number of esters is 1. The van der Waals surface area contributed by atoms with Crippen LogP contribution in [0.15, 0.2) is 0 Å². The zero-order chi connectivity index (χ0) is 14.0. The molecule has 0 heterocycles. The van der Waals surface area contributed by atoms with Gasteiger partial charge in [0.15, 0.2) is 6.29 Å². The van der Waals surface area contributed by atoms with Crippen molar-refractivity contribution in [3.63, 3.8) is 0 Å². The predicted octanol–water partition coefficient (Wildman–Crippen LogP) is 0.270. The van der Waals surface area contributed by atoms with Crippen molar-refractivity contribution in [3.8, 4) is 0 Å². The summed E-state index contributed by atoms with van der Waals surface area (Å²) in [6.07, 6.45) is -0.0725. The minimum absolute atomic E-state index is 0.148. The van der Waals surface area contributed by atoms with E-state index >= 15 is 0 Å². The maximum absolute atomic E-state index is 11.2. The monoisotopic (exact) mass is 261 g/mol. The fourth-order valence-electron chi connectivity index (χ4n) is 0.864. The van der Waals surface area contributed by atoms with Crippen molar-refractivity contribution in [2.45, 2.75) is 26.4 Å². The van der Waals surface area contributed by atoms with Crippen molar-refractivity contribution in [1.82, 2.24) is 5.32 Å². The molecule has 0 saturated heterocycles. The molecule has 0 radical (unpaired) electrons. The van der Waals surface area contributed by atoms with E-state index < -0.39 is 17.7 Å². The van der Waals surface area contributed by atoms with E-state index in [1.165, 1.54) is 0 Å². The molecule has 0 aromatic rings. The minimum Gasteiger partial charge on any atom is -0.456 e. The lowest BCUT2D eigenvalue weighted by atomic mass is 10.2. The Morgan fingerprint density at radius 2 is 1.94 bits per heavy atom. The van der Waals surface area contributed by atoms with E-state index in [4.69, 9.17) is 9.47 Å². The summed E-state index contributed by atoms with van der Waals surface area (Å²) in [5.74, 6) is -0.626. The third-order valence-electron chi connectivity index (χ3n) is 1.45. The Bertz CT molecular complexity index is 284. The molecule has 0 rings (SSSR count). The molecule has 7 nitrogen and oxygen atoms in total. The molecule has 0 fully saturated rings. The maximum atomic E-state index is 11.2. The van der Waals surface area contributed by atoms with Gasteiger partial charge in [0.2, 0.25) is 0 Å². The lowest BCUT2D eigenvalue weighted by Crippen LogP contribution is -2.34. The molecule has 0 saturated carbocycles. The molecule has 0 aromatic carbocycles.